The maximum atomic E-state index is 12.8. The Balaban J connectivity index is 1.92. The Kier molecular flexibility index (Phi) is 5.64. The third-order valence-corrected chi connectivity index (χ3v) is 4.35. The lowest BCUT2D eigenvalue weighted by atomic mass is 9.94. The van der Waals surface area contributed by atoms with Crippen LogP contribution in [0.15, 0.2) is 0 Å². The molecule has 1 heterocycles. The number of carbonyl (C=O) groups excluding carboxylic acids is 3. The van der Waals surface area contributed by atoms with E-state index in [4.69, 9.17) is 4.74 Å². The molecule has 1 saturated carbocycles. The molecule has 0 bridgehead atoms. The van der Waals surface area contributed by atoms with Gasteiger partial charge in [0.05, 0.1) is 5.92 Å². The van der Waals surface area contributed by atoms with Crippen molar-refractivity contribution in [1.29, 1.82) is 0 Å². The second-order valence-electron chi connectivity index (χ2n) is 8.63. The number of nitrogens with zero attached hydrogens (tertiary/aromatic N) is 1. The number of hydrogen-bond donors (Lipinski definition) is 2. The number of ether oxygens (including phenoxy) is 1. The predicted octanol–water partition coefficient (Wildman–Crippen LogP) is 1.81. The van der Waals surface area contributed by atoms with E-state index in [-0.39, 0.29) is 17.7 Å². The molecule has 1 aliphatic carbocycles. The molecule has 3 amide bonds. The third kappa shape index (κ3) is 5.90. The highest BCUT2D eigenvalue weighted by Gasteiger charge is 2.38. The second kappa shape index (κ2) is 7.22. The summed E-state index contributed by atoms with van der Waals surface area (Å²) in [5, 5.41) is 5.66. The zero-order valence-corrected chi connectivity index (χ0v) is 16.0. The van der Waals surface area contributed by atoms with Crippen LogP contribution in [0, 0.1) is 5.92 Å². The number of nitrogens with one attached hydrogen (secondary N) is 2. The molecule has 0 spiro atoms. The van der Waals surface area contributed by atoms with Crippen LogP contribution in [-0.4, -0.2) is 53.1 Å². The molecule has 0 radical (unpaired) electrons. The van der Waals surface area contributed by atoms with Crippen molar-refractivity contribution in [2.45, 2.75) is 77.5 Å². The van der Waals surface area contributed by atoms with Gasteiger partial charge in [0.15, 0.2) is 0 Å². The van der Waals surface area contributed by atoms with E-state index in [0.29, 0.717) is 19.1 Å². The normalized spacial score (nSPS) is 21.5. The standard InChI is InChI=1S/C18H31N3O4/c1-17(2,3)25-16(24)20-18(4,5)15(23)21-10-6-7-12(11-21)14(22)19-13-8-9-13/h12-13H,6-11H2,1-5H3,(H,19,22)(H,20,24)/t12-/m0/s1. The minimum atomic E-state index is -1.09. The van der Waals surface area contributed by atoms with E-state index < -0.39 is 17.2 Å². The Bertz CT molecular complexity index is 535. The highest BCUT2D eigenvalue weighted by Crippen LogP contribution is 2.23. The molecule has 25 heavy (non-hydrogen) atoms. The molecule has 1 aliphatic heterocycles. The van der Waals surface area contributed by atoms with Crippen LogP contribution < -0.4 is 10.6 Å². The largest absolute Gasteiger partial charge is 0.444 e. The highest BCUT2D eigenvalue weighted by molar-refractivity contribution is 5.90. The van der Waals surface area contributed by atoms with Crippen molar-refractivity contribution >= 4 is 17.9 Å². The number of amides is 3. The molecular weight excluding hydrogens is 322 g/mol. The van der Waals surface area contributed by atoms with Crippen molar-refractivity contribution in [2.75, 3.05) is 13.1 Å². The summed E-state index contributed by atoms with van der Waals surface area (Å²) in [6.45, 7) is 9.64. The van der Waals surface area contributed by atoms with Gasteiger partial charge in [0.2, 0.25) is 11.8 Å². The van der Waals surface area contributed by atoms with E-state index in [1.54, 1.807) is 39.5 Å². The first-order valence-corrected chi connectivity index (χ1v) is 9.09. The number of likely N-dealkylation sites (tertiary alicyclic amines) is 1. The first kappa shape index (κ1) is 19.5. The number of alkyl carbamates (subject to hydrolysis) is 1. The molecule has 142 valence electrons. The fourth-order valence-electron chi connectivity index (χ4n) is 2.93. The van der Waals surface area contributed by atoms with Crippen LogP contribution in [-0.2, 0) is 14.3 Å². The van der Waals surface area contributed by atoms with E-state index in [1.165, 1.54) is 0 Å². The van der Waals surface area contributed by atoms with Gasteiger partial charge in [-0.15, -0.1) is 0 Å². The van der Waals surface area contributed by atoms with E-state index in [1.807, 2.05) is 0 Å². The van der Waals surface area contributed by atoms with Crippen molar-refractivity contribution in [1.82, 2.24) is 15.5 Å². The lowest BCUT2D eigenvalue weighted by molar-refractivity contribution is -0.140. The van der Waals surface area contributed by atoms with Gasteiger partial charge in [-0.3, -0.25) is 9.59 Å². The average molecular weight is 353 g/mol. The molecule has 2 aliphatic rings. The smallest absolute Gasteiger partial charge is 0.408 e. The van der Waals surface area contributed by atoms with Gasteiger partial charge in [0, 0.05) is 19.1 Å². The summed E-state index contributed by atoms with van der Waals surface area (Å²) >= 11 is 0. The lowest BCUT2D eigenvalue weighted by Crippen LogP contribution is -2.59. The maximum absolute atomic E-state index is 12.8. The molecule has 0 aromatic rings. The summed E-state index contributed by atoms with van der Waals surface area (Å²) in [7, 11) is 0. The highest BCUT2D eigenvalue weighted by atomic mass is 16.6. The number of rotatable bonds is 4. The molecule has 0 aromatic heterocycles. The summed E-state index contributed by atoms with van der Waals surface area (Å²) in [5.74, 6) is -0.323. The first-order valence-electron chi connectivity index (χ1n) is 9.09. The quantitative estimate of drug-likeness (QED) is 0.807. The monoisotopic (exact) mass is 353 g/mol. The zero-order valence-electron chi connectivity index (χ0n) is 16.0. The van der Waals surface area contributed by atoms with Gasteiger partial charge >= 0.3 is 6.09 Å². The molecule has 1 atom stereocenters. The summed E-state index contributed by atoms with van der Waals surface area (Å²) in [4.78, 5) is 38.8. The summed E-state index contributed by atoms with van der Waals surface area (Å²) in [6, 6.07) is 0.323. The fraction of sp³-hybridized carbons (Fsp3) is 0.833. The molecular formula is C18H31N3O4. The van der Waals surface area contributed by atoms with Crippen LogP contribution in [0.3, 0.4) is 0 Å². The number of hydrogen-bond acceptors (Lipinski definition) is 4. The Morgan fingerprint density at radius 2 is 1.68 bits per heavy atom. The molecule has 7 heteroatoms. The minimum absolute atomic E-state index is 0.0397. The van der Waals surface area contributed by atoms with Crippen molar-refractivity contribution in [2.24, 2.45) is 5.92 Å². The van der Waals surface area contributed by atoms with Crippen LogP contribution in [0.2, 0.25) is 0 Å². The molecule has 0 aromatic carbocycles. The molecule has 2 rings (SSSR count). The minimum Gasteiger partial charge on any atom is -0.444 e. The molecule has 1 saturated heterocycles. The molecule has 7 nitrogen and oxygen atoms in total. The van der Waals surface area contributed by atoms with Crippen LogP contribution in [0.25, 0.3) is 0 Å². The van der Waals surface area contributed by atoms with Crippen molar-refractivity contribution in [3.05, 3.63) is 0 Å². The maximum Gasteiger partial charge on any atom is 0.408 e. The SMILES string of the molecule is CC(C)(C)OC(=O)NC(C)(C)C(=O)N1CCC[C@H](C(=O)NC2CC2)C1. The third-order valence-electron chi connectivity index (χ3n) is 4.35. The topological polar surface area (TPSA) is 87.7 Å². The van der Waals surface area contributed by atoms with Crippen LogP contribution >= 0.6 is 0 Å². The van der Waals surface area contributed by atoms with Gasteiger partial charge in [-0.2, -0.15) is 0 Å². The predicted molar refractivity (Wildman–Crippen MR) is 93.9 cm³/mol. The van der Waals surface area contributed by atoms with Gasteiger partial charge < -0.3 is 20.3 Å². The average Bonchev–Trinajstić information content (AvgIpc) is 3.27. The summed E-state index contributed by atoms with van der Waals surface area (Å²) < 4.78 is 5.24. The van der Waals surface area contributed by atoms with Crippen molar-refractivity contribution < 1.29 is 19.1 Å². The van der Waals surface area contributed by atoms with Gasteiger partial charge in [0.1, 0.15) is 11.1 Å². The van der Waals surface area contributed by atoms with Crippen LogP contribution in [0.5, 0.6) is 0 Å². The van der Waals surface area contributed by atoms with Crippen molar-refractivity contribution in [3.8, 4) is 0 Å². The molecule has 2 N–H and O–H groups in total. The molecule has 0 unspecified atom stereocenters. The van der Waals surface area contributed by atoms with Gasteiger partial charge in [-0.25, -0.2) is 4.79 Å². The second-order valence-corrected chi connectivity index (χ2v) is 8.63. The Labute approximate surface area is 149 Å². The fourth-order valence-corrected chi connectivity index (χ4v) is 2.93. The lowest BCUT2D eigenvalue weighted by Gasteiger charge is -2.37. The Hall–Kier alpha value is -1.79. The van der Waals surface area contributed by atoms with E-state index in [2.05, 4.69) is 10.6 Å². The number of carbonyl (C=O) groups is 3. The number of piperidine rings is 1. The summed E-state index contributed by atoms with van der Waals surface area (Å²) in [5.41, 5.74) is -1.71. The van der Waals surface area contributed by atoms with E-state index >= 15 is 0 Å². The first-order chi connectivity index (χ1) is 11.5. The van der Waals surface area contributed by atoms with Gasteiger partial charge in [0.25, 0.3) is 0 Å². The van der Waals surface area contributed by atoms with Gasteiger partial charge in [-0.1, -0.05) is 0 Å². The molecule has 2 fully saturated rings. The van der Waals surface area contributed by atoms with E-state index in [0.717, 1.165) is 25.7 Å². The van der Waals surface area contributed by atoms with E-state index in [9.17, 15) is 14.4 Å². The summed E-state index contributed by atoms with van der Waals surface area (Å²) in [6.07, 6.45) is 3.06. The Morgan fingerprint density at radius 1 is 1.04 bits per heavy atom. The zero-order chi connectivity index (χ0) is 18.8. The van der Waals surface area contributed by atoms with Crippen molar-refractivity contribution in [3.63, 3.8) is 0 Å². The Morgan fingerprint density at radius 3 is 2.24 bits per heavy atom. The van der Waals surface area contributed by atoms with Gasteiger partial charge in [-0.05, 0) is 60.3 Å². The van der Waals surface area contributed by atoms with Crippen LogP contribution in [0.4, 0.5) is 4.79 Å². The van der Waals surface area contributed by atoms with Crippen LogP contribution in [0.1, 0.15) is 60.3 Å².